The van der Waals surface area contributed by atoms with Crippen LogP contribution in [0.4, 0.5) is 0 Å². The first-order valence-corrected chi connectivity index (χ1v) is 10.7. The highest BCUT2D eigenvalue weighted by Gasteiger charge is 2.53. The molecule has 0 aliphatic heterocycles. The monoisotopic (exact) mass is 335 g/mol. The van der Waals surface area contributed by atoms with E-state index < -0.39 is 0 Å². The molecule has 5 rings (SSSR count). The van der Waals surface area contributed by atoms with Gasteiger partial charge in [0.15, 0.2) is 5.82 Å². The van der Waals surface area contributed by atoms with Crippen LogP contribution in [0.3, 0.4) is 0 Å². The van der Waals surface area contributed by atoms with Crippen molar-refractivity contribution in [3.8, 4) is 0 Å². The molecule has 0 atom stereocenters. The molecule has 23 heavy (non-hydrogen) atoms. The van der Waals surface area contributed by atoms with Crippen LogP contribution in [0.15, 0.2) is 0 Å². The minimum absolute atomic E-state index is 0.236. The molecule has 4 saturated carbocycles. The minimum atomic E-state index is 0.236. The largest absolute Gasteiger partial charge is 0.396 e. The van der Waals surface area contributed by atoms with Crippen LogP contribution in [-0.2, 0) is 18.4 Å². The lowest BCUT2D eigenvalue weighted by Crippen LogP contribution is -2.49. The standard InChI is InChI=1S/C18H29N3OS/c1-23-6-3-16-19-17(21(20-16)4-2-5-22)18-10-13-7-14(11-18)9-15(8-13)12-18/h13-15,22H,2-12H2,1H3. The van der Waals surface area contributed by atoms with E-state index in [2.05, 4.69) is 10.9 Å². The molecule has 4 nitrogen and oxygen atoms in total. The molecule has 128 valence electrons. The average Bonchev–Trinajstić information content (AvgIpc) is 2.93. The number of aliphatic hydroxyl groups is 1. The normalized spacial score (nSPS) is 35.1. The Kier molecular flexibility index (Phi) is 4.43. The summed E-state index contributed by atoms with van der Waals surface area (Å²) in [5.74, 6) is 6.16. The van der Waals surface area contributed by atoms with E-state index in [1.165, 1.54) is 44.3 Å². The second-order valence-corrected chi connectivity index (χ2v) is 9.08. The number of rotatable bonds is 7. The zero-order chi connectivity index (χ0) is 15.9. The highest BCUT2D eigenvalue weighted by molar-refractivity contribution is 7.98. The van der Waals surface area contributed by atoms with Crippen LogP contribution in [0.25, 0.3) is 0 Å². The molecule has 4 fully saturated rings. The summed E-state index contributed by atoms with van der Waals surface area (Å²) >= 11 is 1.86. The van der Waals surface area contributed by atoms with Crippen molar-refractivity contribution in [3.05, 3.63) is 11.6 Å². The first-order valence-electron chi connectivity index (χ1n) is 9.26. The van der Waals surface area contributed by atoms with Crippen molar-refractivity contribution in [2.24, 2.45) is 17.8 Å². The molecular formula is C18H29N3OS. The maximum atomic E-state index is 9.24. The third kappa shape index (κ3) is 2.95. The topological polar surface area (TPSA) is 50.9 Å². The quantitative estimate of drug-likeness (QED) is 0.832. The van der Waals surface area contributed by atoms with Gasteiger partial charge in [-0.1, -0.05) is 0 Å². The number of aliphatic hydroxyl groups excluding tert-OH is 1. The van der Waals surface area contributed by atoms with Crippen molar-refractivity contribution in [3.63, 3.8) is 0 Å². The van der Waals surface area contributed by atoms with Crippen LogP contribution in [-0.4, -0.2) is 38.5 Å². The number of thioether (sulfide) groups is 1. The molecule has 0 unspecified atom stereocenters. The summed E-state index contributed by atoms with van der Waals surface area (Å²) in [6.45, 7) is 1.06. The van der Waals surface area contributed by atoms with Gasteiger partial charge in [-0.15, -0.1) is 0 Å². The van der Waals surface area contributed by atoms with E-state index in [4.69, 9.17) is 10.1 Å². The summed E-state index contributed by atoms with van der Waals surface area (Å²) in [5.41, 5.74) is 0.300. The second-order valence-electron chi connectivity index (χ2n) is 8.09. The fourth-order valence-corrected chi connectivity index (χ4v) is 6.23. The number of hydrogen-bond donors (Lipinski definition) is 1. The predicted molar refractivity (Wildman–Crippen MR) is 93.7 cm³/mol. The Morgan fingerprint density at radius 1 is 1.17 bits per heavy atom. The van der Waals surface area contributed by atoms with Crippen molar-refractivity contribution in [2.45, 2.75) is 63.3 Å². The van der Waals surface area contributed by atoms with Gasteiger partial charge in [-0.3, -0.25) is 0 Å². The smallest absolute Gasteiger partial charge is 0.151 e. The van der Waals surface area contributed by atoms with Crippen LogP contribution < -0.4 is 0 Å². The molecule has 4 aliphatic rings. The van der Waals surface area contributed by atoms with Crippen LogP contribution in [0.5, 0.6) is 0 Å². The Balaban J connectivity index is 1.64. The summed E-state index contributed by atoms with van der Waals surface area (Å²) in [6.07, 6.45) is 12.3. The molecule has 4 bridgehead atoms. The summed E-state index contributed by atoms with van der Waals surface area (Å²) < 4.78 is 2.17. The van der Waals surface area contributed by atoms with Crippen LogP contribution >= 0.6 is 11.8 Å². The van der Waals surface area contributed by atoms with E-state index in [-0.39, 0.29) is 6.61 Å². The van der Waals surface area contributed by atoms with E-state index >= 15 is 0 Å². The lowest BCUT2D eigenvalue weighted by molar-refractivity contribution is -0.0116. The molecule has 5 heteroatoms. The lowest BCUT2D eigenvalue weighted by atomic mass is 9.49. The number of nitrogens with zero attached hydrogens (tertiary/aromatic N) is 3. The maximum Gasteiger partial charge on any atom is 0.151 e. The summed E-state index contributed by atoms with van der Waals surface area (Å²) in [4.78, 5) is 5.05. The first-order chi connectivity index (χ1) is 11.2. The van der Waals surface area contributed by atoms with E-state index in [0.29, 0.717) is 5.41 Å². The van der Waals surface area contributed by atoms with Gasteiger partial charge in [-0.2, -0.15) is 16.9 Å². The van der Waals surface area contributed by atoms with Crippen molar-refractivity contribution < 1.29 is 5.11 Å². The minimum Gasteiger partial charge on any atom is -0.396 e. The Morgan fingerprint density at radius 2 is 1.83 bits per heavy atom. The molecule has 0 radical (unpaired) electrons. The highest BCUT2D eigenvalue weighted by atomic mass is 32.2. The average molecular weight is 336 g/mol. The highest BCUT2D eigenvalue weighted by Crippen LogP contribution is 2.60. The van der Waals surface area contributed by atoms with E-state index in [1.54, 1.807) is 0 Å². The number of aryl methyl sites for hydroxylation is 2. The van der Waals surface area contributed by atoms with E-state index in [0.717, 1.165) is 48.7 Å². The molecule has 1 N–H and O–H groups in total. The van der Waals surface area contributed by atoms with Gasteiger partial charge in [0.2, 0.25) is 0 Å². The summed E-state index contributed by atoms with van der Waals surface area (Å²) in [7, 11) is 0. The number of aromatic nitrogens is 3. The van der Waals surface area contributed by atoms with Crippen molar-refractivity contribution in [2.75, 3.05) is 18.6 Å². The van der Waals surface area contributed by atoms with Crippen LogP contribution in [0.2, 0.25) is 0 Å². The van der Waals surface area contributed by atoms with Crippen LogP contribution in [0, 0.1) is 17.8 Å². The fourth-order valence-electron chi connectivity index (χ4n) is 5.84. The molecular weight excluding hydrogens is 306 g/mol. The van der Waals surface area contributed by atoms with Gasteiger partial charge in [-0.25, -0.2) is 9.67 Å². The molecule has 0 amide bonds. The van der Waals surface area contributed by atoms with E-state index in [9.17, 15) is 5.11 Å². The molecule has 1 aromatic rings. The molecule has 4 aliphatic carbocycles. The van der Waals surface area contributed by atoms with Crippen LogP contribution in [0.1, 0.15) is 56.6 Å². The zero-order valence-corrected chi connectivity index (χ0v) is 15.0. The van der Waals surface area contributed by atoms with Crippen molar-refractivity contribution in [1.82, 2.24) is 14.8 Å². The molecule has 1 aromatic heterocycles. The summed E-state index contributed by atoms with van der Waals surface area (Å²) in [6, 6.07) is 0. The number of hydrogen-bond acceptors (Lipinski definition) is 4. The van der Waals surface area contributed by atoms with Gasteiger partial charge >= 0.3 is 0 Å². The Morgan fingerprint density at radius 3 is 2.39 bits per heavy atom. The zero-order valence-electron chi connectivity index (χ0n) is 14.2. The van der Waals surface area contributed by atoms with Gasteiger partial charge in [0.1, 0.15) is 5.82 Å². The Hall–Kier alpha value is -0.550. The molecule has 0 saturated heterocycles. The SMILES string of the molecule is CSCCc1nc(C23CC4CC(CC(C4)C2)C3)n(CCCO)n1. The van der Waals surface area contributed by atoms with Gasteiger partial charge in [0, 0.05) is 30.7 Å². The van der Waals surface area contributed by atoms with Crippen molar-refractivity contribution >= 4 is 11.8 Å². The second kappa shape index (κ2) is 6.40. The third-order valence-corrected chi connectivity index (χ3v) is 6.90. The molecule has 0 aromatic carbocycles. The lowest BCUT2D eigenvalue weighted by Gasteiger charge is -2.56. The maximum absolute atomic E-state index is 9.24. The summed E-state index contributed by atoms with van der Waals surface area (Å²) in [5, 5.41) is 14.1. The van der Waals surface area contributed by atoms with Gasteiger partial charge in [0.05, 0.1) is 0 Å². The van der Waals surface area contributed by atoms with Gasteiger partial charge < -0.3 is 5.11 Å². The first kappa shape index (κ1) is 15.9. The molecule has 1 heterocycles. The Labute approximate surface area is 143 Å². The molecule has 0 spiro atoms. The van der Waals surface area contributed by atoms with Gasteiger partial charge in [0.25, 0.3) is 0 Å². The predicted octanol–water partition coefficient (Wildman–Crippen LogP) is 3.03. The van der Waals surface area contributed by atoms with Crippen molar-refractivity contribution in [1.29, 1.82) is 0 Å². The fraction of sp³-hybridized carbons (Fsp3) is 0.889. The van der Waals surface area contributed by atoms with Gasteiger partial charge in [-0.05, 0) is 69.0 Å². The third-order valence-electron chi connectivity index (χ3n) is 6.29. The van der Waals surface area contributed by atoms with E-state index in [1.807, 2.05) is 11.8 Å². The Bertz CT molecular complexity index is 521.